The van der Waals surface area contributed by atoms with E-state index in [1.165, 1.54) is 11.1 Å². The van der Waals surface area contributed by atoms with Gasteiger partial charge >= 0.3 is 0 Å². The first-order chi connectivity index (χ1) is 15.4. The lowest BCUT2D eigenvalue weighted by Gasteiger charge is -2.56. The Hall–Kier alpha value is -1.64. The van der Waals surface area contributed by atoms with E-state index < -0.39 is 5.79 Å². The van der Waals surface area contributed by atoms with Crippen molar-refractivity contribution in [3.8, 4) is 11.5 Å². The minimum atomic E-state index is -0.548. The van der Waals surface area contributed by atoms with Crippen LogP contribution < -0.4 is 9.47 Å². The molecule has 1 aromatic rings. The highest BCUT2D eigenvalue weighted by atomic mass is 16.7. The smallest absolute Gasteiger partial charge is 0.188 e. The summed E-state index contributed by atoms with van der Waals surface area (Å²) in [6.45, 7) is 6.18. The first-order valence-corrected chi connectivity index (χ1v) is 11.7. The third-order valence-electron chi connectivity index (χ3n) is 7.99. The molecule has 0 N–H and O–H groups in total. The summed E-state index contributed by atoms with van der Waals surface area (Å²) in [4.78, 5) is 2.51. The van der Waals surface area contributed by atoms with Crippen LogP contribution in [0, 0.1) is 5.92 Å². The van der Waals surface area contributed by atoms with Gasteiger partial charge in [-0.05, 0) is 51.9 Å². The van der Waals surface area contributed by atoms with Crippen molar-refractivity contribution in [2.75, 3.05) is 40.7 Å². The minimum Gasteiger partial charge on any atom is -0.482 e. The number of nitrogens with zero attached hydrogens (tertiary/aromatic N) is 1. The van der Waals surface area contributed by atoms with Crippen molar-refractivity contribution in [1.82, 2.24) is 4.90 Å². The number of hydrogen-bond acceptors (Lipinski definition) is 7. The number of rotatable bonds is 6. The van der Waals surface area contributed by atoms with E-state index in [2.05, 4.69) is 30.2 Å². The number of piperidine rings is 1. The lowest BCUT2D eigenvalue weighted by atomic mass is 9.53. The SMILES string of the molecule is COCOc1ccc2c3c1OC1[C@@H](OC[C@H]4COC(C)(C)O4)C=C[C@H]4[C@@H](C2)N(C)CC[C@]314. The van der Waals surface area contributed by atoms with Gasteiger partial charge in [-0.2, -0.15) is 0 Å². The van der Waals surface area contributed by atoms with Gasteiger partial charge in [0.25, 0.3) is 0 Å². The van der Waals surface area contributed by atoms with E-state index in [0.29, 0.717) is 25.2 Å². The molecule has 1 aromatic carbocycles. The average Bonchev–Trinajstić information content (AvgIpc) is 3.31. The van der Waals surface area contributed by atoms with Gasteiger partial charge in [0.1, 0.15) is 18.3 Å². The molecule has 0 radical (unpaired) electrons. The molecule has 174 valence electrons. The number of likely N-dealkylation sites (tertiary alicyclic amines) is 1. The highest BCUT2D eigenvalue weighted by Gasteiger charge is 2.64. The molecule has 3 aliphatic heterocycles. The maximum Gasteiger partial charge on any atom is 0.188 e. The summed E-state index contributed by atoms with van der Waals surface area (Å²) >= 11 is 0. The molecular weight excluding hydrogens is 410 g/mol. The van der Waals surface area contributed by atoms with Gasteiger partial charge < -0.3 is 33.3 Å². The second-order valence-corrected chi connectivity index (χ2v) is 10.2. The van der Waals surface area contributed by atoms with Gasteiger partial charge in [-0.15, -0.1) is 0 Å². The predicted octanol–water partition coefficient (Wildman–Crippen LogP) is 2.65. The normalized spacial score (nSPS) is 38.4. The van der Waals surface area contributed by atoms with Crippen LogP contribution in [-0.4, -0.2) is 75.7 Å². The third-order valence-corrected chi connectivity index (χ3v) is 7.99. The Balaban J connectivity index is 1.35. The molecule has 6 atom stereocenters. The van der Waals surface area contributed by atoms with Gasteiger partial charge in [0.2, 0.25) is 0 Å². The first-order valence-electron chi connectivity index (χ1n) is 11.7. The summed E-state index contributed by atoms with van der Waals surface area (Å²) < 4.78 is 36.0. The number of methoxy groups -OCH3 is 1. The van der Waals surface area contributed by atoms with E-state index in [1.54, 1.807) is 7.11 Å². The largest absolute Gasteiger partial charge is 0.482 e. The monoisotopic (exact) mass is 443 g/mol. The Labute approximate surface area is 189 Å². The summed E-state index contributed by atoms with van der Waals surface area (Å²) in [5.74, 6) is 1.50. The lowest BCUT2D eigenvalue weighted by molar-refractivity contribution is -0.151. The summed E-state index contributed by atoms with van der Waals surface area (Å²) in [6, 6.07) is 4.73. The lowest BCUT2D eigenvalue weighted by Crippen LogP contribution is -2.65. The minimum absolute atomic E-state index is 0.0647. The molecule has 7 nitrogen and oxygen atoms in total. The fourth-order valence-electron chi connectivity index (χ4n) is 6.65. The Kier molecular flexibility index (Phi) is 4.86. The van der Waals surface area contributed by atoms with Crippen LogP contribution in [0.4, 0.5) is 0 Å². The molecule has 7 heteroatoms. The molecule has 2 bridgehead atoms. The average molecular weight is 444 g/mol. The topological polar surface area (TPSA) is 58.6 Å². The van der Waals surface area contributed by atoms with Crippen molar-refractivity contribution < 1.29 is 28.4 Å². The second kappa shape index (κ2) is 7.43. The molecule has 2 aliphatic carbocycles. The molecular formula is C25H33NO6. The fourth-order valence-corrected chi connectivity index (χ4v) is 6.65. The van der Waals surface area contributed by atoms with Gasteiger partial charge in [-0.1, -0.05) is 18.2 Å². The van der Waals surface area contributed by atoms with Crippen molar-refractivity contribution in [1.29, 1.82) is 0 Å². The third kappa shape index (κ3) is 2.98. The van der Waals surface area contributed by atoms with Crippen LogP contribution in [0.15, 0.2) is 24.3 Å². The molecule has 3 heterocycles. The van der Waals surface area contributed by atoms with Crippen LogP contribution >= 0.6 is 0 Å². The van der Waals surface area contributed by atoms with Crippen molar-refractivity contribution in [2.45, 2.75) is 62.2 Å². The Morgan fingerprint density at radius 3 is 2.88 bits per heavy atom. The molecule has 0 saturated carbocycles. The van der Waals surface area contributed by atoms with Gasteiger partial charge in [-0.3, -0.25) is 0 Å². The zero-order valence-corrected chi connectivity index (χ0v) is 19.3. The molecule has 6 rings (SSSR count). The molecule has 5 aliphatic rings. The van der Waals surface area contributed by atoms with Crippen molar-refractivity contribution >= 4 is 0 Å². The van der Waals surface area contributed by atoms with Gasteiger partial charge in [0.05, 0.1) is 13.2 Å². The van der Waals surface area contributed by atoms with Crippen LogP contribution in [-0.2, 0) is 30.8 Å². The molecule has 32 heavy (non-hydrogen) atoms. The van der Waals surface area contributed by atoms with Crippen molar-refractivity contribution in [3.05, 3.63) is 35.4 Å². The number of ether oxygens (including phenoxy) is 6. The maximum atomic E-state index is 6.76. The quantitative estimate of drug-likeness (QED) is 0.495. The zero-order chi connectivity index (χ0) is 22.1. The highest BCUT2D eigenvalue weighted by molar-refractivity contribution is 5.62. The number of likely N-dealkylation sites (N-methyl/N-ethyl adjacent to an activating group) is 1. The van der Waals surface area contributed by atoms with Crippen LogP contribution in [0.2, 0.25) is 0 Å². The van der Waals surface area contributed by atoms with Crippen LogP contribution in [0.1, 0.15) is 31.4 Å². The molecule has 0 amide bonds. The summed E-state index contributed by atoms with van der Waals surface area (Å²) in [5, 5.41) is 0. The molecule has 2 saturated heterocycles. The summed E-state index contributed by atoms with van der Waals surface area (Å²) in [6.07, 6.45) is 6.40. The van der Waals surface area contributed by atoms with Crippen molar-refractivity contribution in [3.63, 3.8) is 0 Å². The van der Waals surface area contributed by atoms with Crippen LogP contribution in [0.3, 0.4) is 0 Å². The van der Waals surface area contributed by atoms with E-state index in [0.717, 1.165) is 30.9 Å². The highest BCUT2D eigenvalue weighted by Crippen LogP contribution is 2.62. The number of hydrogen-bond donors (Lipinski definition) is 0. The zero-order valence-electron chi connectivity index (χ0n) is 19.3. The van der Waals surface area contributed by atoms with E-state index in [9.17, 15) is 0 Å². The first kappa shape index (κ1) is 20.9. The van der Waals surface area contributed by atoms with Crippen LogP contribution in [0.5, 0.6) is 11.5 Å². The van der Waals surface area contributed by atoms with E-state index in [1.807, 2.05) is 19.9 Å². The van der Waals surface area contributed by atoms with Gasteiger partial charge in [0.15, 0.2) is 24.1 Å². The number of benzene rings is 1. The van der Waals surface area contributed by atoms with Crippen molar-refractivity contribution in [2.24, 2.45) is 5.92 Å². The Morgan fingerprint density at radius 2 is 2.09 bits per heavy atom. The molecule has 1 spiro atoms. The molecule has 2 fully saturated rings. The van der Waals surface area contributed by atoms with Gasteiger partial charge in [-0.25, -0.2) is 0 Å². The maximum absolute atomic E-state index is 6.76. The molecule has 1 unspecified atom stereocenters. The van der Waals surface area contributed by atoms with E-state index in [4.69, 9.17) is 28.4 Å². The van der Waals surface area contributed by atoms with Crippen LogP contribution in [0.25, 0.3) is 0 Å². The van der Waals surface area contributed by atoms with E-state index in [-0.39, 0.29) is 30.5 Å². The summed E-state index contributed by atoms with van der Waals surface area (Å²) in [7, 11) is 3.89. The standard InChI is InChI=1S/C25H33NO6/c1-24(2)30-13-16(32-24)12-28-20-8-6-17-18-11-15-5-7-19(29-14-27-4)22-21(15)25(17,23(20)31-22)9-10-26(18)3/h5-8,16-18,20,23H,9-14H2,1-4H3/t16-,17-,18+,20-,23?,25-/m0/s1. The van der Waals surface area contributed by atoms with E-state index >= 15 is 0 Å². The Morgan fingerprint density at radius 1 is 1.22 bits per heavy atom. The fraction of sp³-hybridized carbons (Fsp3) is 0.680. The Bertz CT molecular complexity index is 931. The molecule has 0 aromatic heterocycles. The predicted molar refractivity (Wildman–Crippen MR) is 117 cm³/mol. The van der Waals surface area contributed by atoms with Gasteiger partial charge in [0, 0.05) is 30.0 Å². The summed E-state index contributed by atoms with van der Waals surface area (Å²) in [5.41, 5.74) is 2.63. The second-order valence-electron chi connectivity index (χ2n) is 10.2.